The van der Waals surface area contributed by atoms with Crippen LogP contribution >= 0.6 is 0 Å². The summed E-state index contributed by atoms with van der Waals surface area (Å²) in [6.45, 7) is 4.73. The molecule has 23 heavy (non-hydrogen) atoms. The van der Waals surface area contributed by atoms with E-state index >= 15 is 0 Å². The third-order valence-electron chi connectivity index (χ3n) is 6.41. The van der Waals surface area contributed by atoms with Crippen LogP contribution in [0.5, 0.6) is 0 Å². The van der Waals surface area contributed by atoms with Crippen LogP contribution < -0.4 is 0 Å². The highest BCUT2D eigenvalue weighted by Crippen LogP contribution is 2.38. The first-order chi connectivity index (χ1) is 11.3. The van der Waals surface area contributed by atoms with E-state index in [0.717, 1.165) is 17.7 Å². The highest BCUT2D eigenvalue weighted by molar-refractivity contribution is 5.14. The Morgan fingerprint density at radius 2 is 1.57 bits per heavy atom. The van der Waals surface area contributed by atoms with Crippen LogP contribution in [0.3, 0.4) is 0 Å². The van der Waals surface area contributed by atoms with Gasteiger partial charge in [0.05, 0.1) is 0 Å². The van der Waals surface area contributed by atoms with Gasteiger partial charge in [0, 0.05) is 18.3 Å². The van der Waals surface area contributed by atoms with Gasteiger partial charge in [-0.15, -0.1) is 0 Å². The van der Waals surface area contributed by atoms with E-state index in [1.54, 1.807) is 0 Å². The van der Waals surface area contributed by atoms with E-state index in [-0.39, 0.29) is 0 Å². The second-order valence-electron chi connectivity index (χ2n) is 8.18. The number of hydrogen-bond donors (Lipinski definition) is 0. The molecule has 0 spiro atoms. The van der Waals surface area contributed by atoms with E-state index in [1.165, 1.54) is 76.2 Å². The molecule has 1 atom stereocenters. The molecule has 2 nitrogen and oxygen atoms in total. The van der Waals surface area contributed by atoms with Crippen molar-refractivity contribution in [3.05, 3.63) is 23.8 Å². The summed E-state index contributed by atoms with van der Waals surface area (Å²) in [6.07, 6.45) is 19.2. The van der Waals surface area contributed by atoms with Crippen molar-refractivity contribution in [3.8, 4) is 0 Å². The summed E-state index contributed by atoms with van der Waals surface area (Å²) < 4.78 is 0. The van der Waals surface area contributed by atoms with Gasteiger partial charge in [-0.1, -0.05) is 39.5 Å². The summed E-state index contributed by atoms with van der Waals surface area (Å²) in [6, 6.07) is 0. The first kappa shape index (κ1) is 16.9. The van der Waals surface area contributed by atoms with Crippen molar-refractivity contribution >= 4 is 0 Å². The smallest absolute Gasteiger partial charge is 0.131 e. The summed E-state index contributed by atoms with van der Waals surface area (Å²) in [5, 5.41) is 0. The third-order valence-corrected chi connectivity index (χ3v) is 6.41. The summed E-state index contributed by atoms with van der Waals surface area (Å²) in [7, 11) is 0. The molecule has 128 valence electrons. The number of nitrogens with zero attached hydrogens (tertiary/aromatic N) is 2. The molecule has 2 aliphatic carbocycles. The van der Waals surface area contributed by atoms with Crippen LogP contribution in [-0.2, 0) is 0 Å². The molecule has 1 aromatic heterocycles. The fourth-order valence-corrected chi connectivity index (χ4v) is 4.60. The summed E-state index contributed by atoms with van der Waals surface area (Å²) in [4.78, 5) is 9.49. The topological polar surface area (TPSA) is 25.8 Å². The zero-order valence-electron chi connectivity index (χ0n) is 15.1. The molecule has 0 amide bonds. The number of rotatable bonds is 5. The van der Waals surface area contributed by atoms with Crippen molar-refractivity contribution in [2.45, 2.75) is 96.3 Å². The highest BCUT2D eigenvalue weighted by atomic mass is 14.9. The first-order valence-corrected chi connectivity index (χ1v) is 10.1. The Hall–Kier alpha value is -0.920. The van der Waals surface area contributed by atoms with Crippen molar-refractivity contribution in [1.82, 2.24) is 9.97 Å². The zero-order chi connectivity index (χ0) is 16.1. The van der Waals surface area contributed by atoms with Gasteiger partial charge in [-0.3, -0.25) is 0 Å². The molecule has 0 aromatic carbocycles. The fraction of sp³-hybridized carbons (Fsp3) is 0.810. The van der Waals surface area contributed by atoms with Crippen molar-refractivity contribution in [2.24, 2.45) is 11.8 Å². The molecule has 1 unspecified atom stereocenters. The van der Waals surface area contributed by atoms with Crippen molar-refractivity contribution in [1.29, 1.82) is 0 Å². The van der Waals surface area contributed by atoms with Gasteiger partial charge < -0.3 is 0 Å². The maximum absolute atomic E-state index is 4.75. The SMILES string of the molecule is CCC(C)C[C@H]1CC[C@H](c2cnc(C3CCCCC3)nc2)CC1. The Balaban J connectivity index is 1.52. The van der Waals surface area contributed by atoms with Gasteiger partial charge in [-0.2, -0.15) is 0 Å². The predicted octanol–water partition coefficient (Wildman–Crippen LogP) is 6.23. The van der Waals surface area contributed by atoms with Crippen LogP contribution in [0.1, 0.15) is 108 Å². The van der Waals surface area contributed by atoms with Gasteiger partial charge in [-0.05, 0) is 68.3 Å². The van der Waals surface area contributed by atoms with Crippen LogP contribution in [0.15, 0.2) is 12.4 Å². The van der Waals surface area contributed by atoms with Gasteiger partial charge in [0.25, 0.3) is 0 Å². The maximum atomic E-state index is 4.75. The molecule has 2 saturated carbocycles. The van der Waals surface area contributed by atoms with Crippen molar-refractivity contribution in [3.63, 3.8) is 0 Å². The Morgan fingerprint density at radius 3 is 2.17 bits per heavy atom. The molecule has 0 bridgehead atoms. The first-order valence-electron chi connectivity index (χ1n) is 10.1. The van der Waals surface area contributed by atoms with E-state index in [9.17, 15) is 0 Å². The monoisotopic (exact) mass is 314 g/mol. The Bertz CT molecular complexity index is 453. The van der Waals surface area contributed by atoms with Crippen molar-refractivity contribution < 1.29 is 0 Å². The second kappa shape index (κ2) is 8.26. The quantitative estimate of drug-likeness (QED) is 0.643. The average Bonchev–Trinajstić information content (AvgIpc) is 2.63. The molecule has 0 radical (unpaired) electrons. The molecule has 2 fully saturated rings. The summed E-state index contributed by atoms with van der Waals surface area (Å²) in [5.74, 6) is 4.31. The van der Waals surface area contributed by atoms with Crippen LogP contribution in [0, 0.1) is 11.8 Å². The van der Waals surface area contributed by atoms with E-state index < -0.39 is 0 Å². The molecule has 0 N–H and O–H groups in total. The standard InChI is InChI=1S/C21H34N2/c1-3-16(2)13-17-9-11-18(12-10-17)20-14-22-21(23-15-20)19-7-5-4-6-8-19/h14-19H,3-13H2,1-2H3/t16?,17-,18-. The van der Waals surface area contributed by atoms with Crippen LogP contribution in [0.4, 0.5) is 0 Å². The molecule has 3 rings (SSSR count). The van der Waals surface area contributed by atoms with Crippen LogP contribution in [0.25, 0.3) is 0 Å². The lowest BCUT2D eigenvalue weighted by Crippen LogP contribution is -2.16. The highest BCUT2D eigenvalue weighted by Gasteiger charge is 2.24. The second-order valence-corrected chi connectivity index (χ2v) is 8.18. The maximum Gasteiger partial charge on any atom is 0.131 e. The minimum absolute atomic E-state index is 0.629. The van der Waals surface area contributed by atoms with Gasteiger partial charge in [0.2, 0.25) is 0 Å². The summed E-state index contributed by atoms with van der Waals surface area (Å²) in [5.41, 5.74) is 1.39. The lowest BCUT2D eigenvalue weighted by Gasteiger charge is -2.30. The molecule has 1 aromatic rings. The normalized spacial score (nSPS) is 27.7. The summed E-state index contributed by atoms with van der Waals surface area (Å²) >= 11 is 0. The minimum atomic E-state index is 0.629. The number of hydrogen-bond acceptors (Lipinski definition) is 2. The van der Waals surface area contributed by atoms with Gasteiger partial charge in [-0.25, -0.2) is 9.97 Å². The molecular formula is C21H34N2. The van der Waals surface area contributed by atoms with Crippen molar-refractivity contribution in [2.75, 3.05) is 0 Å². The molecule has 2 aliphatic rings. The lowest BCUT2D eigenvalue weighted by atomic mass is 9.76. The third kappa shape index (κ3) is 4.55. The Kier molecular flexibility index (Phi) is 6.08. The fourth-order valence-electron chi connectivity index (χ4n) is 4.60. The van der Waals surface area contributed by atoms with E-state index in [1.807, 2.05) is 0 Å². The average molecular weight is 315 g/mol. The Labute approximate surface area is 142 Å². The molecule has 0 aliphatic heterocycles. The minimum Gasteiger partial charge on any atom is -0.241 e. The Morgan fingerprint density at radius 1 is 0.913 bits per heavy atom. The molecule has 1 heterocycles. The van der Waals surface area contributed by atoms with Gasteiger partial charge in [0.1, 0.15) is 5.82 Å². The van der Waals surface area contributed by atoms with E-state index in [4.69, 9.17) is 9.97 Å². The zero-order valence-corrected chi connectivity index (χ0v) is 15.1. The number of aromatic nitrogens is 2. The van der Waals surface area contributed by atoms with Crippen LogP contribution in [0.2, 0.25) is 0 Å². The molecule has 0 saturated heterocycles. The lowest BCUT2D eigenvalue weighted by molar-refractivity contribution is 0.273. The molecular weight excluding hydrogens is 280 g/mol. The predicted molar refractivity (Wildman–Crippen MR) is 96.6 cm³/mol. The van der Waals surface area contributed by atoms with Gasteiger partial charge in [0.15, 0.2) is 0 Å². The van der Waals surface area contributed by atoms with Gasteiger partial charge >= 0.3 is 0 Å². The molecule has 2 heteroatoms. The van der Waals surface area contributed by atoms with E-state index in [2.05, 4.69) is 26.2 Å². The largest absolute Gasteiger partial charge is 0.241 e. The van der Waals surface area contributed by atoms with E-state index in [0.29, 0.717) is 11.8 Å². The van der Waals surface area contributed by atoms with Crippen LogP contribution in [-0.4, -0.2) is 9.97 Å².